The summed E-state index contributed by atoms with van der Waals surface area (Å²) < 4.78 is 42.2. The van der Waals surface area contributed by atoms with E-state index in [1.807, 2.05) is 0 Å². The van der Waals surface area contributed by atoms with Crippen molar-refractivity contribution < 1.29 is 17.6 Å². The molecule has 1 saturated heterocycles. The Hall–Kier alpha value is -2.11. The van der Waals surface area contributed by atoms with E-state index in [0.29, 0.717) is 53.0 Å². The summed E-state index contributed by atoms with van der Waals surface area (Å²) >= 11 is 1.27. The molecule has 7 nitrogen and oxygen atoms in total. The number of carbonyl (C=O) groups excluding carboxylic acids is 1. The molecule has 0 aliphatic carbocycles. The highest BCUT2D eigenvalue weighted by molar-refractivity contribution is 7.89. The lowest BCUT2D eigenvalue weighted by molar-refractivity contribution is 0.0983. The first-order valence-electron chi connectivity index (χ1n) is 12.4. The fourth-order valence-corrected chi connectivity index (χ4v) is 7.12. The third-order valence-electron chi connectivity index (χ3n) is 6.71. The lowest BCUT2D eigenvalue weighted by Gasteiger charge is -2.30. The van der Waals surface area contributed by atoms with Crippen LogP contribution >= 0.6 is 23.7 Å². The van der Waals surface area contributed by atoms with Crippen LogP contribution in [-0.4, -0.2) is 67.8 Å². The summed E-state index contributed by atoms with van der Waals surface area (Å²) in [6.45, 7) is 10.0. The Labute approximate surface area is 228 Å². The number of halogens is 2. The van der Waals surface area contributed by atoms with E-state index in [1.165, 1.54) is 39.9 Å². The molecule has 0 bridgehead atoms. The molecular weight excluding hydrogens is 535 g/mol. The Kier molecular flexibility index (Phi) is 10.0. The molecular formula is C26H34ClFN4O3S2. The van der Waals surface area contributed by atoms with E-state index >= 15 is 0 Å². The molecule has 1 fully saturated rings. The third kappa shape index (κ3) is 6.67. The second-order valence-corrected chi connectivity index (χ2v) is 12.2. The van der Waals surface area contributed by atoms with Gasteiger partial charge in [-0.15, -0.1) is 12.4 Å². The van der Waals surface area contributed by atoms with Crippen molar-refractivity contribution in [2.24, 2.45) is 5.92 Å². The number of piperidine rings is 1. The Morgan fingerprint density at radius 2 is 1.84 bits per heavy atom. The zero-order valence-corrected chi connectivity index (χ0v) is 23.8. The number of carbonyl (C=O) groups is 1. The molecule has 202 valence electrons. The van der Waals surface area contributed by atoms with Gasteiger partial charge in [-0.3, -0.25) is 9.69 Å². The molecule has 1 unspecified atom stereocenters. The number of likely N-dealkylation sites (N-methyl/N-ethyl adjacent to an activating group) is 1. The summed E-state index contributed by atoms with van der Waals surface area (Å²) in [5, 5.41) is 0.492. The summed E-state index contributed by atoms with van der Waals surface area (Å²) in [5.74, 6) is -0.285. The van der Waals surface area contributed by atoms with Gasteiger partial charge in [-0.25, -0.2) is 17.8 Å². The highest BCUT2D eigenvalue weighted by Crippen LogP contribution is 2.31. The second kappa shape index (κ2) is 12.6. The van der Waals surface area contributed by atoms with Gasteiger partial charge in [0.1, 0.15) is 5.82 Å². The number of fused-ring (bicyclic) bond motifs is 1. The fraction of sp³-hybridized carbons (Fsp3) is 0.462. The molecule has 2 aromatic carbocycles. The van der Waals surface area contributed by atoms with Gasteiger partial charge in [0.05, 0.1) is 15.1 Å². The summed E-state index contributed by atoms with van der Waals surface area (Å²) in [7, 11) is -3.60. The van der Waals surface area contributed by atoms with E-state index in [9.17, 15) is 17.6 Å². The third-order valence-corrected chi connectivity index (χ3v) is 9.63. The summed E-state index contributed by atoms with van der Waals surface area (Å²) in [5.41, 5.74) is 1.01. The van der Waals surface area contributed by atoms with Crippen LogP contribution in [0.3, 0.4) is 0 Å². The van der Waals surface area contributed by atoms with Crippen molar-refractivity contribution in [2.75, 3.05) is 44.2 Å². The van der Waals surface area contributed by atoms with E-state index in [1.54, 1.807) is 23.1 Å². The van der Waals surface area contributed by atoms with E-state index in [4.69, 9.17) is 0 Å². The van der Waals surface area contributed by atoms with Gasteiger partial charge < -0.3 is 4.90 Å². The van der Waals surface area contributed by atoms with E-state index in [0.717, 1.165) is 25.9 Å². The van der Waals surface area contributed by atoms with Crippen molar-refractivity contribution in [1.82, 2.24) is 14.2 Å². The quantitative estimate of drug-likeness (QED) is 0.352. The molecule has 0 radical (unpaired) electrons. The van der Waals surface area contributed by atoms with Crippen molar-refractivity contribution in [2.45, 2.75) is 38.5 Å². The lowest BCUT2D eigenvalue weighted by Crippen LogP contribution is -2.39. The van der Waals surface area contributed by atoms with Crippen LogP contribution in [0.25, 0.3) is 10.2 Å². The molecule has 37 heavy (non-hydrogen) atoms. The molecule has 11 heteroatoms. The normalized spacial score (nSPS) is 16.6. The van der Waals surface area contributed by atoms with Crippen molar-refractivity contribution in [3.05, 3.63) is 53.8 Å². The van der Waals surface area contributed by atoms with Crippen LogP contribution in [0.15, 0.2) is 47.4 Å². The van der Waals surface area contributed by atoms with Crippen molar-refractivity contribution in [3.63, 3.8) is 0 Å². The van der Waals surface area contributed by atoms with Gasteiger partial charge in [-0.1, -0.05) is 32.1 Å². The van der Waals surface area contributed by atoms with Crippen LogP contribution in [0.1, 0.15) is 44.0 Å². The van der Waals surface area contributed by atoms with Crippen LogP contribution in [0, 0.1) is 11.7 Å². The van der Waals surface area contributed by atoms with E-state index in [-0.39, 0.29) is 29.0 Å². The number of rotatable bonds is 9. The topological polar surface area (TPSA) is 73.8 Å². The van der Waals surface area contributed by atoms with E-state index in [2.05, 4.69) is 30.7 Å². The van der Waals surface area contributed by atoms with Crippen molar-refractivity contribution in [3.8, 4) is 0 Å². The molecule has 1 aliphatic rings. The smallest absolute Gasteiger partial charge is 0.260 e. The number of thiazole rings is 1. The molecule has 1 amide bonds. The van der Waals surface area contributed by atoms with Crippen LogP contribution in [-0.2, 0) is 10.0 Å². The first-order valence-corrected chi connectivity index (χ1v) is 14.7. The highest BCUT2D eigenvalue weighted by atomic mass is 35.5. The van der Waals surface area contributed by atoms with Gasteiger partial charge in [0.25, 0.3) is 5.91 Å². The summed E-state index contributed by atoms with van der Waals surface area (Å²) in [6.07, 6.45) is 1.88. The monoisotopic (exact) mass is 568 g/mol. The zero-order valence-electron chi connectivity index (χ0n) is 21.4. The lowest BCUT2D eigenvalue weighted by atomic mass is 10.0. The van der Waals surface area contributed by atoms with Gasteiger partial charge in [0, 0.05) is 31.7 Å². The maximum atomic E-state index is 13.7. The SMILES string of the molecule is CCN(CC)CCN(C(=O)c1ccc(S(=O)(=O)N2CCCC(C)C2)cc1)c1nc2ccc(F)cc2s1.Cl. The minimum atomic E-state index is -3.60. The number of amides is 1. The first kappa shape index (κ1) is 29.4. The zero-order chi connectivity index (χ0) is 25.9. The molecule has 1 atom stereocenters. The molecule has 3 aromatic rings. The van der Waals surface area contributed by atoms with Gasteiger partial charge in [-0.2, -0.15) is 4.31 Å². The number of hydrogen-bond donors (Lipinski definition) is 0. The second-order valence-electron chi connectivity index (χ2n) is 9.23. The number of benzene rings is 2. The largest absolute Gasteiger partial charge is 0.302 e. The summed E-state index contributed by atoms with van der Waals surface area (Å²) in [6, 6.07) is 10.6. The predicted molar refractivity (Wildman–Crippen MR) is 150 cm³/mol. The standard InChI is InChI=1S/C26H33FN4O3S2.ClH/c1-4-29(5-2)15-16-31(26-28-23-13-10-21(27)17-24(23)35-26)25(32)20-8-11-22(12-9-20)36(33,34)30-14-6-7-19(3)18-30;/h8-13,17,19H,4-7,14-16,18H2,1-3H3;1H. The van der Waals surface area contributed by atoms with Crippen LogP contribution in [0.4, 0.5) is 9.52 Å². The Morgan fingerprint density at radius 1 is 1.14 bits per heavy atom. The molecule has 0 N–H and O–H groups in total. The van der Waals surface area contributed by atoms with Gasteiger partial charge in [0.2, 0.25) is 10.0 Å². The van der Waals surface area contributed by atoms with Crippen molar-refractivity contribution >= 4 is 55.0 Å². The maximum Gasteiger partial charge on any atom is 0.260 e. The van der Waals surface area contributed by atoms with Gasteiger partial charge in [-0.05, 0) is 74.3 Å². The Bertz CT molecular complexity index is 1310. The average Bonchev–Trinajstić information content (AvgIpc) is 3.29. The number of nitrogens with zero attached hydrogens (tertiary/aromatic N) is 4. The summed E-state index contributed by atoms with van der Waals surface area (Å²) in [4.78, 5) is 22.2. The average molecular weight is 569 g/mol. The number of anilines is 1. The van der Waals surface area contributed by atoms with Gasteiger partial charge >= 0.3 is 0 Å². The molecule has 0 spiro atoms. The molecule has 1 aromatic heterocycles. The predicted octanol–water partition coefficient (Wildman–Crippen LogP) is 5.27. The molecule has 2 heterocycles. The van der Waals surface area contributed by atoms with Crippen molar-refractivity contribution in [1.29, 1.82) is 0 Å². The fourth-order valence-electron chi connectivity index (χ4n) is 4.51. The minimum Gasteiger partial charge on any atom is -0.302 e. The minimum absolute atomic E-state index is 0. The molecule has 1 aliphatic heterocycles. The highest BCUT2D eigenvalue weighted by Gasteiger charge is 2.29. The number of sulfonamides is 1. The molecule has 0 saturated carbocycles. The van der Waals surface area contributed by atoms with Gasteiger partial charge in [0.15, 0.2) is 5.13 Å². The van der Waals surface area contributed by atoms with Crippen LogP contribution < -0.4 is 4.90 Å². The first-order chi connectivity index (χ1) is 17.2. The Morgan fingerprint density at radius 3 is 2.49 bits per heavy atom. The van der Waals surface area contributed by atoms with Crippen LogP contribution in [0.2, 0.25) is 0 Å². The number of aromatic nitrogens is 1. The van der Waals surface area contributed by atoms with Crippen LogP contribution in [0.5, 0.6) is 0 Å². The number of hydrogen-bond acceptors (Lipinski definition) is 6. The molecule has 4 rings (SSSR count). The van der Waals surface area contributed by atoms with E-state index < -0.39 is 10.0 Å². The Balaban J connectivity index is 0.00000380. The maximum absolute atomic E-state index is 13.7.